The molecule has 0 spiro atoms. The average molecular weight is 320 g/mol. The molecule has 0 saturated carbocycles. The number of hydrogen-bond acceptors (Lipinski definition) is 2. The minimum absolute atomic E-state index is 0.0313. The van der Waals surface area contributed by atoms with Crippen molar-refractivity contribution in [1.82, 2.24) is 4.90 Å². The van der Waals surface area contributed by atoms with Crippen LogP contribution in [0.1, 0.15) is 13.8 Å². The van der Waals surface area contributed by atoms with E-state index in [1.54, 1.807) is 18.2 Å². The third-order valence-corrected chi connectivity index (χ3v) is 2.89. The predicted octanol–water partition coefficient (Wildman–Crippen LogP) is 3.52. The van der Waals surface area contributed by atoms with Crippen molar-refractivity contribution in [3.63, 3.8) is 0 Å². The molecule has 3 N–H and O–H groups in total. The number of nitrogens with two attached hydrogens (primary N) is 1. The van der Waals surface area contributed by atoms with Gasteiger partial charge in [0.2, 0.25) is 0 Å². The smallest absolute Gasteiger partial charge is 0.322 e. The van der Waals surface area contributed by atoms with Gasteiger partial charge in [-0.3, -0.25) is 0 Å². The zero-order valence-corrected chi connectivity index (χ0v) is 12.9. The lowest BCUT2D eigenvalue weighted by molar-refractivity contribution is 0.206. The molecular weight excluding hydrogens is 305 g/mol. The third kappa shape index (κ3) is 5.22. The minimum atomic E-state index is -0.305. The highest BCUT2D eigenvalue weighted by atomic mass is 35.5. The second-order valence-electron chi connectivity index (χ2n) is 4.28. The number of carbonyl (C=O) groups excluding carboxylic acids is 1. The molecule has 0 aliphatic carbocycles. The van der Waals surface area contributed by atoms with E-state index in [1.807, 2.05) is 13.8 Å². The summed E-state index contributed by atoms with van der Waals surface area (Å²) in [6, 6.07) is 4.49. The van der Waals surface area contributed by atoms with Crippen LogP contribution in [0.3, 0.4) is 0 Å². The van der Waals surface area contributed by atoms with Crippen molar-refractivity contribution in [3.05, 3.63) is 28.2 Å². The number of amides is 2. The lowest BCUT2D eigenvalue weighted by atomic mass is 10.3. The van der Waals surface area contributed by atoms with E-state index in [4.69, 9.17) is 41.2 Å². The summed E-state index contributed by atoms with van der Waals surface area (Å²) in [5, 5.41) is 3.62. The molecular formula is C12H15Cl2N3OS. The molecule has 0 radical (unpaired) electrons. The summed E-state index contributed by atoms with van der Waals surface area (Å²) in [6.07, 6.45) is 0. The number of rotatable bonds is 4. The first-order valence-corrected chi connectivity index (χ1v) is 6.78. The largest absolute Gasteiger partial charge is 0.392 e. The van der Waals surface area contributed by atoms with Gasteiger partial charge in [-0.05, 0) is 32.0 Å². The highest BCUT2D eigenvalue weighted by Crippen LogP contribution is 2.22. The van der Waals surface area contributed by atoms with E-state index in [0.717, 1.165) is 0 Å². The van der Waals surface area contributed by atoms with Crippen LogP contribution in [0, 0.1) is 0 Å². The van der Waals surface area contributed by atoms with E-state index < -0.39 is 0 Å². The molecule has 0 aliphatic rings. The van der Waals surface area contributed by atoms with E-state index in [0.29, 0.717) is 15.7 Å². The molecule has 0 bridgehead atoms. The Hall–Kier alpha value is -1.04. The highest BCUT2D eigenvalue weighted by molar-refractivity contribution is 7.80. The fourth-order valence-electron chi connectivity index (χ4n) is 1.48. The zero-order chi connectivity index (χ0) is 14.6. The maximum absolute atomic E-state index is 12.1. The van der Waals surface area contributed by atoms with Crippen molar-refractivity contribution in [3.8, 4) is 0 Å². The Balaban J connectivity index is 2.83. The first-order valence-electron chi connectivity index (χ1n) is 5.61. The summed E-state index contributed by atoms with van der Waals surface area (Å²) in [5.41, 5.74) is 6.00. The molecule has 4 nitrogen and oxygen atoms in total. The van der Waals surface area contributed by atoms with Gasteiger partial charge in [-0.25, -0.2) is 4.79 Å². The van der Waals surface area contributed by atoms with Gasteiger partial charge in [0, 0.05) is 21.8 Å². The minimum Gasteiger partial charge on any atom is -0.392 e. The van der Waals surface area contributed by atoms with Gasteiger partial charge in [-0.15, -0.1) is 0 Å². The lowest BCUT2D eigenvalue weighted by Crippen LogP contribution is -2.44. The maximum Gasteiger partial charge on any atom is 0.322 e. The monoisotopic (exact) mass is 319 g/mol. The molecule has 0 unspecified atom stereocenters. The Bertz CT molecular complexity index is 474. The van der Waals surface area contributed by atoms with E-state index in [1.165, 1.54) is 4.90 Å². The number of anilines is 1. The summed E-state index contributed by atoms with van der Waals surface area (Å²) >= 11 is 16.6. The van der Waals surface area contributed by atoms with Crippen molar-refractivity contribution in [2.24, 2.45) is 5.73 Å². The Morgan fingerprint density at radius 3 is 2.32 bits per heavy atom. The SMILES string of the molecule is CC(C)N(CC(N)=S)C(=O)Nc1cc(Cl)cc(Cl)c1. The quantitative estimate of drug-likeness (QED) is 0.835. The molecule has 1 rings (SSSR count). The first-order chi connectivity index (χ1) is 8.79. The highest BCUT2D eigenvalue weighted by Gasteiger charge is 2.18. The van der Waals surface area contributed by atoms with Gasteiger partial charge >= 0.3 is 6.03 Å². The number of hydrogen-bond donors (Lipinski definition) is 2. The van der Waals surface area contributed by atoms with Gasteiger partial charge in [0.15, 0.2) is 0 Å². The van der Waals surface area contributed by atoms with Crippen LogP contribution >= 0.6 is 35.4 Å². The summed E-state index contributed by atoms with van der Waals surface area (Å²) in [7, 11) is 0. The maximum atomic E-state index is 12.1. The van der Waals surface area contributed by atoms with Crippen LogP contribution in [0.2, 0.25) is 10.0 Å². The molecule has 0 aromatic heterocycles. The van der Waals surface area contributed by atoms with Gasteiger partial charge in [0.25, 0.3) is 0 Å². The van der Waals surface area contributed by atoms with Crippen molar-refractivity contribution >= 4 is 52.1 Å². The van der Waals surface area contributed by atoms with Crippen LogP contribution in [0.4, 0.5) is 10.5 Å². The van der Waals surface area contributed by atoms with Gasteiger partial charge in [0.1, 0.15) is 0 Å². The van der Waals surface area contributed by atoms with Crippen LogP contribution in [0.5, 0.6) is 0 Å². The number of nitrogens with zero attached hydrogens (tertiary/aromatic N) is 1. The second-order valence-corrected chi connectivity index (χ2v) is 5.67. The summed E-state index contributed by atoms with van der Waals surface area (Å²) in [4.78, 5) is 13.9. The van der Waals surface area contributed by atoms with E-state index in [2.05, 4.69) is 5.32 Å². The first kappa shape index (κ1) is 16.0. The number of thiocarbonyl (C=S) groups is 1. The molecule has 0 fully saturated rings. The van der Waals surface area contributed by atoms with E-state index in [9.17, 15) is 4.79 Å². The van der Waals surface area contributed by atoms with Gasteiger partial charge in [-0.1, -0.05) is 35.4 Å². The van der Waals surface area contributed by atoms with Crippen LogP contribution in [-0.2, 0) is 0 Å². The normalized spacial score (nSPS) is 10.4. The molecule has 1 aromatic carbocycles. The zero-order valence-electron chi connectivity index (χ0n) is 10.6. The van der Waals surface area contributed by atoms with Crippen molar-refractivity contribution in [1.29, 1.82) is 0 Å². The number of halogens is 2. The molecule has 1 aromatic rings. The molecule has 7 heteroatoms. The second kappa shape index (κ2) is 6.93. The van der Waals surface area contributed by atoms with E-state index >= 15 is 0 Å². The Kier molecular flexibility index (Phi) is 5.85. The topological polar surface area (TPSA) is 58.4 Å². The molecule has 19 heavy (non-hydrogen) atoms. The standard InChI is InChI=1S/C12H15Cl2N3OS/c1-7(2)17(6-11(15)19)12(18)16-10-4-8(13)3-9(14)5-10/h3-5,7H,6H2,1-2H3,(H2,15,19)(H,16,18). The number of urea groups is 1. The van der Waals surface area contributed by atoms with Crippen LogP contribution < -0.4 is 11.1 Å². The Labute approximate surface area is 127 Å². The number of carbonyl (C=O) groups is 1. The molecule has 0 saturated heterocycles. The predicted molar refractivity (Wildman–Crippen MR) is 84.1 cm³/mol. The van der Waals surface area contributed by atoms with E-state index in [-0.39, 0.29) is 23.6 Å². The lowest BCUT2D eigenvalue weighted by Gasteiger charge is -2.26. The molecule has 0 aliphatic heterocycles. The third-order valence-electron chi connectivity index (χ3n) is 2.32. The van der Waals surface area contributed by atoms with Crippen molar-refractivity contribution < 1.29 is 4.79 Å². The van der Waals surface area contributed by atoms with Crippen molar-refractivity contribution in [2.45, 2.75) is 19.9 Å². The number of benzene rings is 1. The van der Waals surface area contributed by atoms with Crippen LogP contribution in [-0.4, -0.2) is 28.5 Å². The molecule has 104 valence electrons. The van der Waals surface area contributed by atoms with Gasteiger partial charge in [0.05, 0.1) is 11.5 Å². The summed E-state index contributed by atoms with van der Waals surface area (Å²) < 4.78 is 0. The average Bonchev–Trinajstić information content (AvgIpc) is 2.23. The van der Waals surface area contributed by atoms with Crippen LogP contribution in [0.15, 0.2) is 18.2 Å². The van der Waals surface area contributed by atoms with Gasteiger partial charge in [-0.2, -0.15) is 0 Å². The summed E-state index contributed by atoms with van der Waals surface area (Å²) in [6.45, 7) is 3.97. The van der Waals surface area contributed by atoms with Crippen LogP contribution in [0.25, 0.3) is 0 Å². The Morgan fingerprint density at radius 1 is 1.37 bits per heavy atom. The number of nitrogens with one attached hydrogen (secondary N) is 1. The fourth-order valence-corrected chi connectivity index (χ4v) is 2.14. The van der Waals surface area contributed by atoms with Crippen molar-refractivity contribution in [2.75, 3.05) is 11.9 Å². The Morgan fingerprint density at radius 2 is 1.89 bits per heavy atom. The molecule has 0 heterocycles. The van der Waals surface area contributed by atoms with Gasteiger partial charge < -0.3 is 16.0 Å². The molecule has 2 amide bonds. The molecule has 0 atom stereocenters. The summed E-state index contributed by atoms with van der Waals surface area (Å²) in [5.74, 6) is 0. The fraction of sp³-hybridized carbons (Fsp3) is 0.333.